The van der Waals surface area contributed by atoms with Crippen LogP contribution in [0, 0.1) is 12.7 Å². The lowest BCUT2D eigenvalue weighted by Gasteiger charge is -2.39. The van der Waals surface area contributed by atoms with Gasteiger partial charge in [-0.05, 0) is 53.8 Å². The van der Waals surface area contributed by atoms with Crippen LogP contribution >= 0.6 is 0 Å². The number of hydrogen-bond acceptors (Lipinski definition) is 6. The number of aromatic nitrogens is 4. The maximum Gasteiger partial charge on any atom is 0.199 e. The molecule has 2 aromatic carbocycles. The lowest BCUT2D eigenvalue weighted by atomic mass is 9.86. The number of rotatable bonds is 3. The van der Waals surface area contributed by atoms with Crippen molar-refractivity contribution in [3.8, 4) is 17.4 Å². The van der Waals surface area contributed by atoms with E-state index >= 15 is 4.39 Å². The minimum atomic E-state index is -0.500. The van der Waals surface area contributed by atoms with E-state index in [1.807, 2.05) is 54.3 Å². The molecule has 1 N–H and O–H groups in total. The fraction of sp³-hybridized carbons (Fsp3) is 0.167. The summed E-state index contributed by atoms with van der Waals surface area (Å²) in [5, 5.41) is 10.2. The van der Waals surface area contributed by atoms with Gasteiger partial charge in [-0.1, -0.05) is 30.3 Å². The summed E-state index contributed by atoms with van der Waals surface area (Å²) in [6.45, 7) is 2.41. The predicted octanol–water partition coefficient (Wildman–Crippen LogP) is 4.24. The van der Waals surface area contributed by atoms with Crippen LogP contribution in [-0.2, 0) is 6.42 Å². The van der Waals surface area contributed by atoms with E-state index in [1.54, 1.807) is 18.5 Å². The van der Waals surface area contributed by atoms with E-state index in [4.69, 9.17) is 0 Å². The Morgan fingerprint density at radius 1 is 1.00 bits per heavy atom. The maximum absolute atomic E-state index is 15.0. The first-order chi connectivity index (χ1) is 15.1. The summed E-state index contributed by atoms with van der Waals surface area (Å²) >= 11 is 0. The Balaban J connectivity index is 1.67. The molecule has 0 saturated heterocycles. The number of nitrogens with zero attached hydrogens (tertiary/aromatic N) is 5. The highest BCUT2D eigenvalue weighted by Crippen LogP contribution is 2.40. The molecule has 1 unspecified atom stereocenters. The molecule has 3 heterocycles. The van der Waals surface area contributed by atoms with Gasteiger partial charge in [-0.15, -0.1) is 0 Å². The Kier molecular flexibility index (Phi) is 4.78. The predicted molar refractivity (Wildman–Crippen MR) is 115 cm³/mol. The molecule has 1 aliphatic rings. The van der Waals surface area contributed by atoms with E-state index < -0.39 is 5.82 Å². The first-order valence-corrected chi connectivity index (χ1v) is 10.1. The third-order valence-electron chi connectivity index (χ3n) is 5.56. The van der Waals surface area contributed by atoms with Crippen LogP contribution in [0.25, 0.3) is 11.6 Å². The van der Waals surface area contributed by atoms with Crippen LogP contribution in [0.2, 0.25) is 0 Å². The van der Waals surface area contributed by atoms with Gasteiger partial charge in [0.2, 0.25) is 0 Å². The number of anilines is 1. The largest absolute Gasteiger partial charge is 0.508 e. The average Bonchev–Trinajstić information content (AvgIpc) is 2.81. The van der Waals surface area contributed by atoms with Gasteiger partial charge < -0.3 is 10.0 Å². The lowest BCUT2D eigenvalue weighted by Crippen LogP contribution is -2.37. The lowest BCUT2D eigenvalue weighted by molar-refractivity contribution is 0.468. The molecule has 0 saturated carbocycles. The molecule has 1 aliphatic heterocycles. The second-order valence-corrected chi connectivity index (χ2v) is 7.53. The second-order valence-electron chi connectivity index (χ2n) is 7.53. The molecule has 4 aromatic rings. The van der Waals surface area contributed by atoms with E-state index in [9.17, 15) is 5.11 Å². The van der Waals surface area contributed by atoms with Crippen molar-refractivity contribution in [2.24, 2.45) is 0 Å². The molecule has 2 aromatic heterocycles. The average molecular weight is 413 g/mol. The third kappa shape index (κ3) is 3.48. The van der Waals surface area contributed by atoms with Crippen molar-refractivity contribution in [1.82, 2.24) is 19.9 Å². The molecule has 5 rings (SSSR count). The van der Waals surface area contributed by atoms with Crippen molar-refractivity contribution < 1.29 is 9.50 Å². The first-order valence-electron chi connectivity index (χ1n) is 10.1. The second kappa shape index (κ2) is 7.75. The standard InChI is InChI=1S/C24H20FN5O/c1-15-12-18-17(13-20(15)31)8-11-30(21(18)16-6-3-2-4-7-16)24-19(25)14-28-23(29-24)22-26-9-5-10-27-22/h2-7,9-10,12-14,21,31H,8,11H2,1H3. The van der Waals surface area contributed by atoms with Gasteiger partial charge >= 0.3 is 0 Å². The van der Waals surface area contributed by atoms with Crippen LogP contribution in [0.3, 0.4) is 0 Å². The van der Waals surface area contributed by atoms with Crippen LogP contribution in [0.15, 0.2) is 67.1 Å². The van der Waals surface area contributed by atoms with Crippen molar-refractivity contribution >= 4 is 5.82 Å². The molecule has 31 heavy (non-hydrogen) atoms. The fourth-order valence-electron chi connectivity index (χ4n) is 4.08. The molecule has 7 heteroatoms. The summed E-state index contributed by atoms with van der Waals surface area (Å²) in [5.74, 6) is 0.604. The van der Waals surface area contributed by atoms with Crippen LogP contribution in [0.4, 0.5) is 10.2 Å². The van der Waals surface area contributed by atoms with Gasteiger partial charge in [0.05, 0.1) is 12.2 Å². The third-order valence-corrected chi connectivity index (χ3v) is 5.56. The number of fused-ring (bicyclic) bond motifs is 1. The summed E-state index contributed by atoms with van der Waals surface area (Å²) in [7, 11) is 0. The van der Waals surface area contributed by atoms with Crippen LogP contribution in [0.1, 0.15) is 28.3 Å². The minimum absolute atomic E-state index is 0.211. The van der Waals surface area contributed by atoms with Crippen molar-refractivity contribution in [2.45, 2.75) is 19.4 Å². The zero-order valence-electron chi connectivity index (χ0n) is 16.9. The van der Waals surface area contributed by atoms with E-state index in [0.717, 1.165) is 22.3 Å². The van der Waals surface area contributed by atoms with Gasteiger partial charge in [-0.2, -0.15) is 0 Å². The van der Waals surface area contributed by atoms with Crippen LogP contribution < -0.4 is 4.90 Å². The first kappa shape index (κ1) is 19.1. The van der Waals surface area contributed by atoms with E-state index in [2.05, 4.69) is 19.9 Å². The fourth-order valence-corrected chi connectivity index (χ4v) is 4.08. The molecular formula is C24H20FN5O. The van der Waals surface area contributed by atoms with Crippen molar-refractivity contribution in [2.75, 3.05) is 11.4 Å². The quantitative estimate of drug-likeness (QED) is 0.542. The number of halogens is 1. The summed E-state index contributed by atoms with van der Waals surface area (Å²) in [6.07, 6.45) is 5.04. The number of aromatic hydroxyl groups is 1. The molecule has 6 nitrogen and oxygen atoms in total. The molecular weight excluding hydrogens is 393 g/mol. The molecule has 0 radical (unpaired) electrons. The smallest absolute Gasteiger partial charge is 0.199 e. The Morgan fingerprint density at radius 3 is 2.55 bits per heavy atom. The van der Waals surface area contributed by atoms with Gasteiger partial charge in [-0.25, -0.2) is 24.3 Å². The van der Waals surface area contributed by atoms with Gasteiger partial charge in [0.1, 0.15) is 5.75 Å². The molecule has 0 spiro atoms. The number of benzene rings is 2. The Labute approximate surface area is 179 Å². The minimum Gasteiger partial charge on any atom is -0.508 e. The number of aryl methyl sites for hydroxylation is 1. The zero-order chi connectivity index (χ0) is 21.4. The van der Waals surface area contributed by atoms with E-state index in [1.165, 1.54) is 6.20 Å². The highest BCUT2D eigenvalue weighted by Gasteiger charge is 2.32. The Bertz CT molecular complexity index is 1230. The van der Waals surface area contributed by atoms with Gasteiger partial charge in [0, 0.05) is 18.9 Å². The summed E-state index contributed by atoms with van der Waals surface area (Å²) in [5.41, 5.74) is 3.88. The Hall–Kier alpha value is -3.87. The number of phenolic OH excluding ortho intramolecular Hbond substituents is 1. The number of hydrogen-bond donors (Lipinski definition) is 1. The van der Waals surface area contributed by atoms with Crippen LogP contribution in [-0.4, -0.2) is 31.6 Å². The van der Waals surface area contributed by atoms with E-state index in [0.29, 0.717) is 18.8 Å². The number of phenols is 1. The van der Waals surface area contributed by atoms with Gasteiger partial charge in [-0.3, -0.25) is 0 Å². The van der Waals surface area contributed by atoms with Crippen molar-refractivity contribution in [3.63, 3.8) is 0 Å². The summed E-state index contributed by atoms with van der Waals surface area (Å²) in [4.78, 5) is 19.0. The van der Waals surface area contributed by atoms with Gasteiger partial charge in [0.25, 0.3) is 0 Å². The SMILES string of the molecule is Cc1cc2c(cc1O)CCN(c1nc(-c3ncccn3)ncc1F)C2c1ccccc1. The molecule has 0 amide bonds. The van der Waals surface area contributed by atoms with E-state index in [-0.39, 0.29) is 23.4 Å². The van der Waals surface area contributed by atoms with Gasteiger partial charge in [0.15, 0.2) is 23.3 Å². The molecule has 0 fully saturated rings. The maximum atomic E-state index is 15.0. The molecule has 0 aliphatic carbocycles. The van der Waals surface area contributed by atoms with Crippen LogP contribution in [0.5, 0.6) is 5.75 Å². The monoisotopic (exact) mass is 413 g/mol. The normalized spacial score (nSPS) is 15.5. The van der Waals surface area contributed by atoms with Crippen molar-refractivity contribution in [3.05, 3.63) is 95.2 Å². The molecule has 1 atom stereocenters. The van der Waals surface area contributed by atoms with Crippen molar-refractivity contribution in [1.29, 1.82) is 0 Å². The summed E-state index contributed by atoms with van der Waals surface area (Å²) in [6, 6.07) is 15.2. The Morgan fingerprint density at radius 2 is 1.77 bits per heavy atom. The topological polar surface area (TPSA) is 75.0 Å². The zero-order valence-corrected chi connectivity index (χ0v) is 16.9. The highest BCUT2D eigenvalue weighted by atomic mass is 19.1. The molecule has 154 valence electrons. The highest BCUT2D eigenvalue weighted by molar-refractivity contribution is 5.57. The molecule has 0 bridgehead atoms. The summed E-state index contributed by atoms with van der Waals surface area (Å²) < 4.78 is 15.0.